The number of carbonyl (C=O) groups excluding carboxylic acids is 2. The molecule has 0 unspecified atom stereocenters. The Bertz CT molecular complexity index is 1490. The van der Waals surface area contributed by atoms with Gasteiger partial charge in [-0.25, -0.2) is 19.6 Å². The summed E-state index contributed by atoms with van der Waals surface area (Å²) in [4.78, 5) is 32.8. The van der Waals surface area contributed by atoms with Gasteiger partial charge in [0.1, 0.15) is 12.2 Å². The third-order valence-corrected chi connectivity index (χ3v) is 7.44. The molecule has 0 amide bonds. The van der Waals surface area contributed by atoms with E-state index in [-0.39, 0.29) is 25.9 Å². The van der Waals surface area contributed by atoms with E-state index < -0.39 is 29.6 Å². The fraction of sp³-hybridized carbons (Fsp3) is 0.353. The van der Waals surface area contributed by atoms with Gasteiger partial charge in [-0.2, -0.15) is 0 Å². The molecule has 2 N–H and O–H groups in total. The van der Waals surface area contributed by atoms with E-state index in [9.17, 15) is 14.7 Å². The lowest BCUT2D eigenvalue weighted by molar-refractivity contribution is -0.152. The van der Waals surface area contributed by atoms with Crippen molar-refractivity contribution < 1.29 is 43.5 Å². The Morgan fingerprint density at radius 2 is 1.36 bits per heavy atom. The van der Waals surface area contributed by atoms with E-state index in [4.69, 9.17) is 24.1 Å². The first-order valence-electron chi connectivity index (χ1n) is 14.4. The molecule has 4 atom stereocenters. The zero-order chi connectivity index (χ0) is 32.4. The normalized spacial score (nSPS) is 21.8. The van der Waals surface area contributed by atoms with Gasteiger partial charge in [0.05, 0.1) is 40.6 Å². The summed E-state index contributed by atoms with van der Waals surface area (Å²) in [6.07, 6.45) is -0.863. The lowest BCUT2D eigenvalue weighted by Crippen LogP contribution is -2.49. The number of ether oxygens (including phenoxy) is 5. The summed E-state index contributed by atoms with van der Waals surface area (Å²) < 4.78 is 26.9. The van der Waals surface area contributed by atoms with Crippen molar-refractivity contribution >= 4 is 23.7 Å². The van der Waals surface area contributed by atoms with Gasteiger partial charge >= 0.3 is 11.9 Å². The van der Waals surface area contributed by atoms with E-state index in [2.05, 4.69) is 14.7 Å². The Morgan fingerprint density at radius 3 is 1.89 bits per heavy atom. The Balaban J connectivity index is 0.000000222. The molecule has 0 aromatic heterocycles. The van der Waals surface area contributed by atoms with E-state index in [0.717, 1.165) is 27.8 Å². The summed E-state index contributed by atoms with van der Waals surface area (Å²) in [6, 6.07) is 23.5. The van der Waals surface area contributed by atoms with Crippen molar-refractivity contribution in [1.29, 1.82) is 0 Å². The standard InChI is InChI=1S/C21H23NO5.C13H15NO4/c1-15-21(20(24)25-2,14-26-13-17-6-4-3-5-7-17)22-19(27-15)18-10-8-16(12-23)9-11-18;1-8-11(13(16)17-2)14-12(18-8)10-5-3-9(7-15)4-6-10/h3-11,15,23H,12-14H2,1-2H3;3-6,8,11,15H,7H2,1-2H3/t15-,21-;8-,11+/m11/s1. The molecule has 5 rings (SSSR count). The smallest absolute Gasteiger partial charge is 0.340 e. The van der Waals surface area contributed by atoms with Crippen LogP contribution in [0.1, 0.15) is 41.7 Å². The second kappa shape index (κ2) is 15.4. The molecule has 0 aliphatic carbocycles. The van der Waals surface area contributed by atoms with Crippen LogP contribution in [0.5, 0.6) is 0 Å². The molecule has 3 aromatic carbocycles. The van der Waals surface area contributed by atoms with Gasteiger partial charge in [0.2, 0.25) is 17.3 Å². The predicted octanol–water partition coefficient (Wildman–Crippen LogP) is 3.36. The molecule has 0 radical (unpaired) electrons. The second-order valence-electron chi connectivity index (χ2n) is 10.5. The molecule has 3 aromatic rings. The van der Waals surface area contributed by atoms with Gasteiger partial charge in [-0.05, 0) is 54.8 Å². The number of carbonyl (C=O) groups is 2. The molecule has 2 heterocycles. The highest BCUT2D eigenvalue weighted by Gasteiger charge is 2.52. The molecule has 11 nitrogen and oxygen atoms in total. The van der Waals surface area contributed by atoms with Crippen molar-refractivity contribution in [3.63, 3.8) is 0 Å². The first-order valence-corrected chi connectivity index (χ1v) is 14.4. The minimum absolute atomic E-state index is 0.00516. The Hall–Kier alpha value is -4.58. The van der Waals surface area contributed by atoms with Crippen LogP contribution < -0.4 is 0 Å². The number of benzene rings is 3. The summed E-state index contributed by atoms with van der Waals surface area (Å²) in [5.41, 5.74) is 2.87. The monoisotopic (exact) mass is 618 g/mol. The van der Waals surface area contributed by atoms with Crippen LogP contribution in [0.2, 0.25) is 0 Å². The second-order valence-corrected chi connectivity index (χ2v) is 10.5. The number of rotatable bonds is 10. The highest BCUT2D eigenvalue weighted by atomic mass is 16.6. The van der Waals surface area contributed by atoms with Crippen molar-refractivity contribution in [2.45, 2.75) is 57.5 Å². The topological polar surface area (TPSA) is 145 Å². The molecule has 0 saturated carbocycles. The van der Waals surface area contributed by atoms with Crippen molar-refractivity contribution in [1.82, 2.24) is 0 Å². The van der Waals surface area contributed by atoms with E-state index in [1.165, 1.54) is 14.2 Å². The molecule has 0 spiro atoms. The first-order chi connectivity index (χ1) is 21.7. The van der Waals surface area contributed by atoms with E-state index in [0.29, 0.717) is 18.4 Å². The molecule has 11 heteroatoms. The average Bonchev–Trinajstić information content (AvgIpc) is 3.64. The van der Waals surface area contributed by atoms with Crippen molar-refractivity contribution in [3.8, 4) is 0 Å². The van der Waals surface area contributed by atoms with Crippen molar-refractivity contribution in [2.75, 3.05) is 20.8 Å². The lowest BCUT2D eigenvalue weighted by atomic mass is 9.96. The van der Waals surface area contributed by atoms with Gasteiger partial charge in [0, 0.05) is 11.1 Å². The van der Waals surface area contributed by atoms with Crippen molar-refractivity contribution in [3.05, 3.63) is 107 Å². The van der Waals surface area contributed by atoms with Crippen LogP contribution in [-0.4, -0.2) is 78.6 Å². The minimum Gasteiger partial charge on any atom is -0.472 e. The van der Waals surface area contributed by atoms with Crippen LogP contribution in [0, 0.1) is 0 Å². The number of aliphatic hydroxyl groups excluding tert-OH is 2. The van der Waals surface area contributed by atoms with Crippen LogP contribution in [0.15, 0.2) is 88.8 Å². The Kier molecular flexibility index (Phi) is 11.4. The zero-order valence-corrected chi connectivity index (χ0v) is 25.7. The van der Waals surface area contributed by atoms with E-state index in [1.807, 2.05) is 30.3 Å². The number of esters is 2. The van der Waals surface area contributed by atoms with Gasteiger partial charge < -0.3 is 33.9 Å². The molecule has 2 aliphatic rings. The number of nitrogens with zero attached hydrogens (tertiary/aromatic N) is 2. The van der Waals surface area contributed by atoms with Gasteiger partial charge in [-0.1, -0.05) is 54.6 Å². The zero-order valence-electron chi connectivity index (χ0n) is 25.7. The van der Waals surface area contributed by atoms with Crippen molar-refractivity contribution in [2.24, 2.45) is 9.98 Å². The van der Waals surface area contributed by atoms with E-state index >= 15 is 0 Å². The Morgan fingerprint density at radius 1 is 0.778 bits per heavy atom. The molecule has 0 fully saturated rings. The quantitative estimate of drug-likeness (QED) is 0.327. The average molecular weight is 619 g/mol. The van der Waals surface area contributed by atoms with Crippen LogP contribution >= 0.6 is 0 Å². The highest BCUT2D eigenvalue weighted by molar-refractivity contribution is 6.00. The lowest BCUT2D eigenvalue weighted by Gasteiger charge is -2.26. The van der Waals surface area contributed by atoms with E-state index in [1.54, 1.807) is 62.4 Å². The molecule has 0 bridgehead atoms. The SMILES string of the molecule is COC(=O)[C@H]1N=C(c2ccc(CO)cc2)O[C@@H]1C.COC(=O)[C@]1(COCc2ccccc2)N=C(c2ccc(CO)cc2)O[C@@H]1C. The summed E-state index contributed by atoms with van der Waals surface area (Å²) in [6.45, 7) is 3.93. The maximum Gasteiger partial charge on any atom is 0.340 e. The molecule has 2 aliphatic heterocycles. The maximum atomic E-state index is 12.5. The number of aliphatic hydroxyl groups is 2. The summed E-state index contributed by atoms with van der Waals surface area (Å²) in [5, 5.41) is 18.1. The number of hydrogen-bond acceptors (Lipinski definition) is 11. The fourth-order valence-corrected chi connectivity index (χ4v) is 4.71. The molecular weight excluding hydrogens is 580 g/mol. The molecule has 0 saturated heterocycles. The highest BCUT2D eigenvalue weighted by Crippen LogP contribution is 2.31. The number of methoxy groups -OCH3 is 2. The third-order valence-electron chi connectivity index (χ3n) is 7.44. The summed E-state index contributed by atoms with van der Waals surface area (Å²) in [7, 11) is 2.66. The van der Waals surface area contributed by atoms with Gasteiger partial charge in [-0.15, -0.1) is 0 Å². The van der Waals surface area contributed by atoms with Gasteiger partial charge in [0.15, 0.2) is 6.04 Å². The number of aliphatic imine (C=N–C) groups is 2. The van der Waals surface area contributed by atoms with Crippen LogP contribution in [-0.2, 0) is 53.1 Å². The van der Waals surface area contributed by atoms with Gasteiger partial charge in [0.25, 0.3) is 0 Å². The predicted molar refractivity (Wildman–Crippen MR) is 166 cm³/mol. The molecule has 238 valence electrons. The summed E-state index contributed by atoms with van der Waals surface area (Å²) in [5.74, 6) is -0.0994. The Labute approximate surface area is 262 Å². The fourth-order valence-electron chi connectivity index (χ4n) is 4.71. The van der Waals surface area contributed by atoms with Crippen LogP contribution in [0.4, 0.5) is 0 Å². The van der Waals surface area contributed by atoms with Gasteiger partial charge in [-0.3, -0.25) is 0 Å². The number of hydrogen-bond donors (Lipinski definition) is 2. The third kappa shape index (κ3) is 7.93. The van der Waals surface area contributed by atoms with Crippen LogP contribution in [0.3, 0.4) is 0 Å². The molecular formula is C34H38N2O9. The van der Waals surface area contributed by atoms with Crippen LogP contribution in [0.25, 0.3) is 0 Å². The largest absolute Gasteiger partial charge is 0.472 e. The first kappa shape index (κ1) is 33.3. The molecule has 45 heavy (non-hydrogen) atoms. The summed E-state index contributed by atoms with van der Waals surface area (Å²) >= 11 is 0. The maximum absolute atomic E-state index is 12.5. The minimum atomic E-state index is -1.26.